The molecule has 135 valence electrons. The van der Waals surface area contributed by atoms with Crippen molar-refractivity contribution in [3.05, 3.63) is 53.3 Å². The Morgan fingerprint density at radius 3 is 1.92 bits per heavy atom. The number of phenols is 1. The summed E-state index contributed by atoms with van der Waals surface area (Å²) in [6.07, 6.45) is 8.82. The van der Waals surface area contributed by atoms with Crippen LogP contribution in [-0.4, -0.2) is 18.0 Å². The van der Waals surface area contributed by atoms with Gasteiger partial charge in [0.05, 0.1) is 0 Å². The van der Waals surface area contributed by atoms with Crippen molar-refractivity contribution < 1.29 is 25.1 Å². The van der Waals surface area contributed by atoms with Crippen molar-refractivity contribution in [1.82, 2.24) is 0 Å². The summed E-state index contributed by atoms with van der Waals surface area (Å²) in [6.45, 7) is 13.4. The Morgan fingerprint density at radius 1 is 1.12 bits per heavy atom. The van der Waals surface area contributed by atoms with E-state index in [2.05, 4.69) is 63.5 Å². The molecule has 1 aromatic carbocycles. The molecule has 24 heavy (non-hydrogen) atoms. The zero-order valence-corrected chi connectivity index (χ0v) is 19.8. The summed E-state index contributed by atoms with van der Waals surface area (Å²) in [5.74, 6) is 0.345. The Kier molecular flexibility index (Phi) is 15.7. The van der Waals surface area contributed by atoms with Gasteiger partial charge in [0.1, 0.15) is 5.75 Å². The van der Waals surface area contributed by atoms with Crippen molar-refractivity contribution in [3.63, 3.8) is 0 Å². The van der Waals surface area contributed by atoms with Gasteiger partial charge in [0, 0.05) is 8.07 Å². The van der Waals surface area contributed by atoms with E-state index in [0.717, 1.165) is 12.0 Å². The van der Waals surface area contributed by atoms with Crippen LogP contribution in [0.2, 0.25) is 19.6 Å². The first-order chi connectivity index (χ1) is 10.1. The van der Waals surface area contributed by atoms with Crippen LogP contribution in [0.15, 0.2) is 41.6 Å². The van der Waals surface area contributed by atoms with E-state index in [1.165, 1.54) is 5.20 Å². The molecule has 0 amide bonds. The Hall–Kier alpha value is -0.119. The molecule has 1 aliphatic rings. The normalized spacial score (nSPS) is 12.4. The fourth-order valence-corrected chi connectivity index (χ4v) is 3.14. The van der Waals surface area contributed by atoms with E-state index in [4.69, 9.17) is 0 Å². The average molecular weight is 422 g/mol. The van der Waals surface area contributed by atoms with Gasteiger partial charge in [0.2, 0.25) is 0 Å². The number of rotatable bonds is 1. The predicted molar refractivity (Wildman–Crippen MR) is 112 cm³/mol. The van der Waals surface area contributed by atoms with Crippen LogP contribution in [0.5, 0.6) is 5.75 Å². The van der Waals surface area contributed by atoms with Crippen molar-refractivity contribution in [3.8, 4) is 5.75 Å². The molecule has 0 heterocycles. The van der Waals surface area contributed by atoms with Crippen LogP contribution in [0, 0.1) is 6.08 Å². The molecule has 0 aliphatic heterocycles. The van der Waals surface area contributed by atoms with Crippen LogP contribution in [0.4, 0.5) is 0 Å². The van der Waals surface area contributed by atoms with Gasteiger partial charge >= 0.3 is 24.8 Å². The molecule has 0 saturated carbocycles. The maximum absolute atomic E-state index is 9.18. The van der Waals surface area contributed by atoms with E-state index < -0.39 is 8.07 Å². The summed E-state index contributed by atoms with van der Waals surface area (Å²) in [7, 11) is -1.01. The summed E-state index contributed by atoms with van der Waals surface area (Å²) in [5, 5.41) is 10.7. The van der Waals surface area contributed by atoms with E-state index >= 15 is 0 Å². The molecule has 1 N–H and O–H groups in total. The number of phenolic OH excluding ortho intramolecular Hbond substituents is 1. The number of hydrogen-bond donors (Lipinski definition) is 1. The fourth-order valence-electron chi connectivity index (χ4n) is 1.89. The topological polar surface area (TPSA) is 20.2 Å². The second-order valence-corrected chi connectivity index (χ2v) is 12.3. The van der Waals surface area contributed by atoms with Gasteiger partial charge in [0.25, 0.3) is 0 Å². The van der Waals surface area contributed by atoms with Crippen LogP contribution >= 0.6 is 24.8 Å². The first-order valence-electron chi connectivity index (χ1n) is 7.53. The summed E-state index contributed by atoms with van der Waals surface area (Å²) < 4.78 is 0. The Balaban J connectivity index is -0.000000313. The number of aromatic hydroxyl groups is 1. The van der Waals surface area contributed by atoms with Crippen LogP contribution < -0.4 is 0 Å². The summed E-state index contributed by atoms with van der Waals surface area (Å²) in [4.78, 5) is 3.25. The minimum absolute atomic E-state index is 0. The summed E-state index contributed by atoms with van der Waals surface area (Å²) in [5.41, 5.74) is 1.29. The molecule has 0 fully saturated rings. The molecule has 0 bridgehead atoms. The Morgan fingerprint density at radius 2 is 1.67 bits per heavy atom. The summed E-state index contributed by atoms with van der Waals surface area (Å²) >= 11 is 1.75. The molecule has 2 rings (SSSR count). The molecule has 1 nitrogen and oxygen atoms in total. The molecule has 0 saturated heterocycles. The van der Waals surface area contributed by atoms with E-state index in [9.17, 15) is 5.11 Å². The van der Waals surface area contributed by atoms with Gasteiger partial charge in [-0.3, -0.25) is 6.08 Å². The van der Waals surface area contributed by atoms with Gasteiger partial charge in [-0.25, -0.2) is 11.3 Å². The molecule has 0 aromatic heterocycles. The molecule has 0 spiro atoms. The molecule has 1 aliphatic carbocycles. The molecule has 1 aromatic rings. The zero-order chi connectivity index (χ0) is 17.4. The van der Waals surface area contributed by atoms with Crippen molar-refractivity contribution in [2.45, 2.75) is 52.2 Å². The van der Waals surface area contributed by atoms with Crippen molar-refractivity contribution in [1.29, 1.82) is 0 Å². The molecular weight excluding hydrogens is 391 g/mol. The van der Waals surface area contributed by atoms with Crippen molar-refractivity contribution in [2.24, 2.45) is 0 Å². The predicted octanol–water partition coefficient (Wildman–Crippen LogP) is 6.05. The maximum atomic E-state index is 9.18. The van der Waals surface area contributed by atoms with E-state index in [-0.39, 0.29) is 30.2 Å². The van der Waals surface area contributed by atoms with Gasteiger partial charge < -0.3 is 5.11 Å². The van der Waals surface area contributed by atoms with Gasteiger partial charge in [-0.2, -0.15) is 6.08 Å². The molecular formula is C19H31Cl2OSiTi. The fraction of sp³-hybridized carbons (Fsp3) is 0.421. The Labute approximate surface area is 173 Å². The van der Waals surface area contributed by atoms with Gasteiger partial charge in [-0.15, -0.1) is 31.2 Å². The Bertz CT molecular complexity index is 529. The second-order valence-electron chi connectivity index (χ2n) is 7.25. The molecule has 0 radical (unpaired) electrons. The van der Waals surface area contributed by atoms with Crippen LogP contribution in [-0.2, 0) is 25.4 Å². The third-order valence-corrected chi connectivity index (χ3v) is 5.17. The summed E-state index contributed by atoms with van der Waals surface area (Å²) in [6, 6.07) is 7.39. The number of benzene rings is 1. The zero-order valence-electron chi connectivity index (χ0n) is 15.6. The number of hydrogen-bond acceptors (Lipinski definition) is 1. The van der Waals surface area contributed by atoms with Gasteiger partial charge in [-0.1, -0.05) is 52.5 Å². The van der Waals surface area contributed by atoms with Crippen molar-refractivity contribution in [2.75, 3.05) is 0 Å². The second kappa shape index (κ2) is 13.1. The quantitative estimate of drug-likeness (QED) is 0.432. The van der Waals surface area contributed by atoms with Crippen molar-refractivity contribution >= 4 is 37.7 Å². The number of allylic oxidation sites excluding steroid dienone is 4. The average Bonchev–Trinajstić information content (AvgIpc) is 2.95. The first kappa shape index (κ1) is 28.7. The third-order valence-electron chi connectivity index (χ3n) is 3.22. The van der Waals surface area contributed by atoms with Crippen LogP contribution in [0.25, 0.3) is 0 Å². The van der Waals surface area contributed by atoms with E-state index in [1.807, 2.05) is 12.1 Å². The monoisotopic (exact) mass is 421 g/mol. The van der Waals surface area contributed by atoms with Crippen LogP contribution in [0.3, 0.4) is 0 Å². The minimum atomic E-state index is -1.01. The van der Waals surface area contributed by atoms with E-state index in [1.54, 1.807) is 32.1 Å². The third kappa shape index (κ3) is 11.4. The molecule has 5 heteroatoms. The van der Waals surface area contributed by atoms with Gasteiger partial charge in [-0.05, 0) is 23.1 Å². The van der Waals surface area contributed by atoms with Crippen LogP contribution in [0.1, 0.15) is 32.8 Å². The van der Waals surface area contributed by atoms with E-state index in [0.29, 0.717) is 5.75 Å². The molecule has 0 unspecified atom stereocenters. The standard InChI is InChI=1S/C10H14O.C8H13Si.CH2.2ClH.Ti/c1-10(2,3)8-5-4-6-9(11)7-8;1-9(2,3)8-6-4-5-7-8;;;;/h4-7,11H,1-3H3;4,6H,5H2,1-3H3;1H2;2*1H;/q;-1;;;;+1. The number of halogens is 2. The SMILES string of the molecule is CC(C)(C)c1cccc(O)c1.C[Si](C)(C)C1=[C-]CC=C1.Cl.Cl.[CH2]=[Ti+]. The van der Waals surface area contributed by atoms with Gasteiger partial charge in [0.15, 0.2) is 0 Å². The molecule has 0 atom stereocenters. The first-order valence-corrected chi connectivity index (χ1v) is 12.1.